The summed E-state index contributed by atoms with van der Waals surface area (Å²) in [6, 6.07) is 20.6. The molecule has 0 fully saturated rings. The zero-order valence-corrected chi connectivity index (χ0v) is 30.5. The molecule has 6 aromatic rings. The molecule has 2 nitrogen and oxygen atoms in total. The van der Waals surface area contributed by atoms with Gasteiger partial charge in [0.15, 0.2) is 0 Å². The van der Waals surface area contributed by atoms with Crippen molar-refractivity contribution in [3.63, 3.8) is 0 Å². The molecule has 14 heteroatoms. The molecule has 0 saturated heterocycles. The third-order valence-corrected chi connectivity index (χ3v) is 8.36. The molecule has 46 heavy (non-hydrogen) atoms. The van der Waals surface area contributed by atoms with Crippen molar-refractivity contribution >= 4 is 69.6 Å². The smallest absolute Gasteiger partial charge is 1.00 e. The Labute approximate surface area is 307 Å². The zero-order chi connectivity index (χ0) is 32.9. The fraction of sp³-hybridized carbons (Fsp3) is 0.125. The monoisotopic (exact) mass is 846 g/mol. The number of nitrogens with zero attached hydrogens (tertiary/aromatic N) is 1. The summed E-state index contributed by atoms with van der Waals surface area (Å²) in [5.74, 6) is -0.627. The maximum atomic E-state index is 13.5. The molecule has 4 aromatic carbocycles. The maximum Gasteiger partial charge on any atom is 1.00 e. The van der Waals surface area contributed by atoms with E-state index in [-0.39, 0.29) is 64.3 Å². The average Bonchev–Trinajstić information content (AvgIpc) is 3.59. The molecule has 2 heterocycles. The van der Waals surface area contributed by atoms with E-state index in [1.165, 1.54) is 36.4 Å². The van der Waals surface area contributed by atoms with Gasteiger partial charge in [-0.05, 0) is 91.5 Å². The minimum Gasteiger partial charge on any atom is -1.00 e. The Balaban J connectivity index is 0.000000262. The van der Waals surface area contributed by atoms with Gasteiger partial charge < -0.3 is 11.0 Å². The van der Waals surface area contributed by atoms with Gasteiger partial charge in [0.2, 0.25) is 0 Å². The predicted molar refractivity (Wildman–Crippen MR) is 171 cm³/mol. The molecular weight excluding hydrogens is 827 g/mol. The molecule has 0 bridgehead atoms. The van der Waals surface area contributed by atoms with E-state index in [4.69, 9.17) is 0 Å². The number of aromatic nitrogens is 2. The molecule has 2 aromatic heterocycles. The van der Waals surface area contributed by atoms with Gasteiger partial charge in [-0.25, -0.2) is 8.78 Å². The number of alkyl halides is 7. The van der Waals surface area contributed by atoms with E-state index in [0.717, 1.165) is 23.0 Å². The quantitative estimate of drug-likeness (QED) is 0.104. The second-order valence-corrected chi connectivity index (χ2v) is 11.8. The summed E-state index contributed by atoms with van der Waals surface area (Å²) in [7, 11) is 0. The van der Waals surface area contributed by atoms with Crippen molar-refractivity contribution in [3.8, 4) is 0 Å². The van der Waals surface area contributed by atoms with Crippen LogP contribution in [0.15, 0.2) is 106 Å². The minimum absolute atomic E-state index is 0. The van der Waals surface area contributed by atoms with Crippen LogP contribution in [-0.2, 0) is 24.2 Å². The fourth-order valence-corrected chi connectivity index (χ4v) is 5.56. The van der Waals surface area contributed by atoms with Gasteiger partial charge in [0, 0.05) is 46.1 Å². The summed E-state index contributed by atoms with van der Waals surface area (Å²) in [5.41, 5.74) is 0.835. The first-order valence-electron chi connectivity index (χ1n) is 12.9. The van der Waals surface area contributed by atoms with Crippen molar-refractivity contribution in [3.05, 3.63) is 140 Å². The number of H-pyrrole nitrogens is 1. The summed E-state index contributed by atoms with van der Waals surface area (Å²) in [5, 5.41) is 1.76. The largest absolute Gasteiger partial charge is 1.00 e. The van der Waals surface area contributed by atoms with Crippen LogP contribution in [0.3, 0.4) is 0 Å². The van der Waals surface area contributed by atoms with Crippen LogP contribution in [0.4, 0.5) is 35.1 Å². The van der Waals surface area contributed by atoms with Crippen LogP contribution in [0.2, 0.25) is 0 Å². The average molecular weight is 849 g/mol. The van der Waals surface area contributed by atoms with Gasteiger partial charge in [-0.3, -0.25) is 0 Å². The third kappa shape index (κ3) is 9.70. The van der Waals surface area contributed by atoms with Gasteiger partial charge >= 0.3 is 41.9 Å². The molecule has 0 aliphatic heterocycles. The molecule has 1 N–H and O–H groups in total. The molecule has 0 aliphatic rings. The van der Waals surface area contributed by atoms with Gasteiger partial charge in [-0.1, -0.05) is 52.3 Å². The van der Waals surface area contributed by atoms with E-state index >= 15 is 0 Å². The van der Waals surface area contributed by atoms with Crippen LogP contribution < -0.4 is 29.6 Å². The van der Waals surface area contributed by atoms with Crippen LogP contribution in [0, 0.1) is 11.6 Å². The van der Waals surface area contributed by atoms with Crippen molar-refractivity contribution in [1.82, 2.24) is 9.55 Å². The van der Waals surface area contributed by atoms with Crippen molar-refractivity contribution in [2.45, 2.75) is 24.2 Å². The van der Waals surface area contributed by atoms with Crippen LogP contribution in [0.1, 0.15) is 23.7 Å². The number of hydrogen-bond donors (Lipinski definition) is 1. The first-order chi connectivity index (χ1) is 21.2. The molecule has 0 radical (unpaired) electrons. The normalized spacial score (nSPS) is 11.4. The van der Waals surface area contributed by atoms with Gasteiger partial charge in [0.1, 0.15) is 11.6 Å². The van der Waals surface area contributed by atoms with Gasteiger partial charge in [0.25, 0.3) is 0 Å². The minimum atomic E-state index is -4.40. The molecule has 238 valence electrons. The summed E-state index contributed by atoms with van der Waals surface area (Å²) in [6.45, 7) is 0.0667. The number of halogens is 11. The number of fused-ring (bicyclic) bond motifs is 2. The standard InChI is InChI=1S/C16H10BrF4N.C8H6BrF3.C8H5BrFN.Na.H/c17-13-8-15-10(7-14(13)18)5-6-22(15)9-11-3-1-2-4-12(11)16(19,20)21;9-5-6-3-1-2-4-7(6)8(10,11)12;9-6-4-8-5(1-2-11-8)3-7(6)10;;/h1-8H,9H2;1-4H,5H2;1-4,11H;;/q;;;+1;-1. The zero-order valence-electron chi connectivity index (χ0n) is 24.8. The van der Waals surface area contributed by atoms with E-state index in [2.05, 4.69) is 52.8 Å². The van der Waals surface area contributed by atoms with Gasteiger partial charge in [-0.2, -0.15) is 26.3 Å². The van der Waals surface area contributed by atoms with E-state index in [0.29, 0.717) is 15.4 Å². The first kappa shape index (κ1) is 38.3. The van der Waals surface area contributed by atoms with E-state index in [1.54, 1.807) is 47.3 Å². The molecule has 0 aliphatic carbocycles. The van der Waals surface area contributed by atoms with Crippen molar-refractivity contribution in [2.24, 2.45) is 0 Å². The number of aromatic amines is 1. The molecule has 0 spiro atoms. The Bertz CT molecular complexity index is 1890. The first-order valence-corrected chi connectivity index (χ1v) is 15.6. The Morgan fingerprint density at radius 2 is 1.20 bits per heavy atom. The van der Waals surface area contributed by atoms with Gasteiger partial charge in [0.05, 0.1) is 20.1 Å². The number of rotatable bonds is 3. The molecule has 0 amide bonds. The van der Waals surface area contributed by atoms with Crippen LogP contribution in [0.5, 0.6) is 0 Å². The van der Waals surface area contributed by atoms with Crippen molar-refractivity contribution in [1.29, 1.82) is 0 Å². The molecule has 6 rings (SSSR count). The topological polar surface area (TPSA) is 20.7 Å². The second kappa shape index (κ2) is 16.3. The number of hydrogen-bond acceptors (Lipinski definition) is 0. The molecule has 0 atom stereocenters. The molecule has 0 saturated carbocycles. The number of nitrogens with one attached hydrogen (secondary N) is 1. The van der Waals surface area contributed by atoms with Crippen LogP contribution >= 0.6 is 47.8 Å². The maximum absolute atomic E-state index is 13.5. The molecule has 0 unspecified atom stereocenters. The Morgan fingerprint density at radius 3 is 1.76 bits per heavy atom. The van der Waals surface area contributed by atoms with Gasteiger partial charge in [-0.15, -0.1) is 0 Å². The van der Waals surface area contributed by atoms with Crippen LogP contribution in [0.25, 0.3) is 21.8 Å². The Morgan fingerprint density at radius 1 is 0.674 bits per heavy atom. The second-order valence-electron chi connectivity index (χ2n) is 9.54. The Kier molecular flexibility index (Phi) is 13.6. The Hall–Kier alpha value is -2.16. The third-order valence-electron chi connectivity index (χ3n) is 6.54. The van der Waals surface area contributed by atoms with Crippen LogP contribution in [-0.4, -0.2) is 9.55 Å². The predicted octanol–water partition coefficient (Wildman–Crippen LogP) is 9.40. The summed E-state index contributed by atoms with van der Waals surface area (Å²) in [4.78, 5) is 2.99. The summed E-state index contributed by atoms with van der Waals surface area (Å²) in [6.07, 6.45) is -5.20. The van der Waals surface area contributed by atoms with Crippen molar-refractivity contribution < 1.29 is 66.1 Å². The van der Waals surface area contributed by atoms with E-state index < -0.39 is 29.3 Å². The number of benzene rings is 4. The summed E-state index contributed by atoms with van der Waals surface area (Å²) >= 11 is 9.21. The van der Waals surface area contributed by atoms with E-state index in [1.807, 2.05) is 6.07 Å². The SMILES string of the molecule is FC(F)(F)c1ccccc1CBr.Fc1cc2cc[nH]c2cc1Br.Fc1cc2ccn(Cc3ccccc3C(F)(F)F)c2cc1Br.[H-].[Na+]. The summed E-state index contributed by atoms with van der Waals surface area (Å²) < 4.78 is 105. The van der Waals surface area contributed by atoms with E-state index in [9.17, 15) is 35.1 Å². The molecular formula is C32H22Br3F8N2Na. The fourth-order valence-electron chi connectivity index (χ4n) is 4.40. The van der Waals surface area contributed by atoms with Crippen molar-refractivity contribution in [2.75, 3.05) is 0 Å².